The fraction of sp³-hybridized carbons (Fsp3) is 0.400. The van der Waals surface area contributed by atoms with Gasteiger partial charge in [-0.1, -0.05) is 57.7 Å². The molecule has 3 aromatic rings. The highest BCUT2D eigenvalue weighted by atomic mass is 32.2. The quantitative estimate of drug-likeness (QED) is 0.467. The van der Waals surface area contributed by atoms with Gasteiger partial charge in [0.15, 0.2) is 11.0 Å². The van der Waals surface area contributed by atoms with E-state index in [1.807, 2.05) is 30.5 Å². The third-order valence-corrected chi connectivity index (χ3v) is 6.79. The van der Waals surface area contributed by atoms with E-state index in [-0.39, 0.29) is 17.6 Å². The Hall–Kier alpha value is -3.18. The number of nitrogens with one attached hydrogen (secondary N) is 1. The summed E-state index contributed by atoms with van der Waals surface area (Å²) in [5.74, 6) is 0.589. The molecule has 33 heavy (non-hydrogen) atoms. The van der Waals surface area contributed by atoms with Gasteiger partial charge in [-0.2, -0.15) is 5.26 Å². The number of amides is 1. The molecule has 0 bridgehead atoms. The molecule has 0 radical (unpaired) electrons. The fourth-order valence-electron chi connectivity index (χ4n) is 3.51. The summed E-state index contributed by atoms with van der Waals surface area (Å²) in [6, 6.07) is 12.3. The van der Waals surface area contributed by atoms with Crippen LogP contribution in [0.4, 0.5) is 0 Å². The van der Waals surface area contributed by atoms with E-state index in [1.54, 1.807) is 19.3 Å². The van der Waals surface area contributed by atoms with Gasteiger partial charge in [-0.25, -0.2) is 0 Å². The summed E-state index contributed by atoms with van der Waals surface area (Å²) < 4.78 is 2.04. The topological polar surface area (TPSA) is 96.5 Å². The minimum Gasteiger partial charge on any atom is -0.337 e. The van der Waals surface area contributed by atoms with Crippen LogP contribution in [-0.2, 0) is 17.6 Å². The number of para-hydroxylation sites is 1. The minimum atomic E-state index is -0.920. The molecule has 0 saturated carbocycles. The number of nitrogens with zero attached hydrogens (tertiary/aromatic N) is 5. The molecule has 1 atom stereocenters. The third kappa shape index (κ3) is 5.25. The summed E-state index contributed by atoms with van der Waals surface area (Å²) >= 11 is 1.31. The third-order valence-electron chi connectivity index (χ3n) is 5.86. The van der Waals surface area contributed by atoms with Gasteiger partial charge in [0, 0.05) is 18.0 Å². The van der Waals surface area contributed by atoms with Crippen molar-refractivity contribution in [2.75, 3.05) is 5.75 Å². The van der Waals surface area contributed by atoms with E-state index in [0.717, 1.165) is 24.1 Å². The van der Waals surface area contributed by atoms with Gasteiger partial charge in [0.1, 0.15) is 5.54 Å². The molecule has 172 valence electrons. The van der Waals surface area contributed by atoms with Crippen LogP contribution in [0.15, 0.2) is 47.9 Å². The van der Waals surface area contributed by atoms with Crippen LogP contribution in [-0.4, -0.2) is 36.9 Å². The second-order valence-electron chi connectivity index (χ2n) is 8.32. The van der Waals surface area contributed by atoms with Gasteiger partial charge >= 0.3 is 0 Å². The number of hydrogen-bond donors (Lipinski definition) is 1. The lowest BCUT2D eigenvalue weighted by Crippen LogP contribution is -2.49. The zero-order chi connectivity index (χ0) is 24.0. The molecule has 7 nitrogen and oxygen atoms in total. The van der Waals surface area contributed by atoms with Gasteiger partial charge in [-0.3, -0.25) is 14.3 Å². The highest BCUT2D eigenvalue weighted by Crippen LogP contribution is 2.32. The zero-order valence-corrected chi connectivity index (χ0v) is 20.6. The molecule has 0 aliphatic rings. The van der Waals surface area contributed by atoms with Crippen LogP contribution < -0.4 is 5.32 Å². The van der Waals surface area contributed by atoms with E-state index in [9.17, 15) is 10.1 Å². The summed E-state index contributed by atoms with van der Waals surface area (Å²) in [6.45, 7) is 9.83. The number of rotatable bonds is 9. The van der Waals surface area contributed by atoms with Crippen molar-refractivity contribution in [3.8, 4) is 23.1 Å². The van der Waals surface area contributed by atoms with Crippen LogP contribution in [0, 0.1) is 17.2 Å². The van der Waals surface area contributed by atoms with Crippen LogP contribution in [0.1, 0.15) is 45.7 Å². The zero-order valence-electron chi connectivity index (χ0n) is 19.8. The van der Waals surface area contributed by atoms with Gasteiger partial charge in [0.2, 0.25) is 5.91 Å². The van der Waals surface area contributed by atoms with Crippen molar-refractivity contribution in [1.82, 2.24) is 25.1 Å². The predicted molar refractivity (Wildman–Crippen MR) is 131 cm³/mol. The summed E-state index contributed by atoms with van der Waals surface area (Å²) in [7, 11) is 0. The summed E-state index contributed by atoms with van der Waals surface area (Å²) in [6.07, 6.45) is 5.20. The fourth-order valence-corrected chi connectivity index (χ4v) is 4.24. The van der Waals surface area contributed by atoms with Crippen molar-refractivity contribution in [1.29, 1.82) is 5.26 Å². The Balaban J connectivity index is 2.02. The molecule has 1 amide bonds. The summed E-state index contributed by atoms with van der Waals surface area (Å²) in [5, 5.41) is 21.9. The van der Waals surface area contributed by atoms with Crippen molar-refractivity contribution < 1.29 is 4.79 Å². The lowest BCUT2D eigenvalue weighted by atomic mass is 9.90. The first-order valence-corrected chi connectivity index (χ1v) is 12.1. The first-order chi connectivity index (χ1) is 15.8. The van der Waals surface area contributed by atoms with E-state index >= 15 is 0 Å². The number of benzene rings is 1. The van der Waals surface area contributed by atoms with Crippen LogP contribution in [0.25, 0.3) is 17.1 Å². The van der Waals surface area contributed by atoms with Gasteiger partial charge in [-0.05, 0) is 48.9 Å². The number of pyridine rings is 1. The van der Waals surface area contributed by atoms with Gasteiger partial charge in [0.25, 0.3) is 0 Å². The first-order valence-electron chi connectivity index (χ1n) is 11.2. The lowest BCUT2D eigenvalue weighted by Gasteiger charge is -2.27. The monoisotopic (exact) mass is 462 g/mol. The molecule has 0 aliphatic heterocycles. The van der Waals surface area contributed by atoms with Crippen LogP contribution in [0.5, 0.6) is 0 Å². The number of nitriles is 1. The number of aryl methyl sites for hydroxylation is 2. The smallest absolute Gasteiger partial charge is 0.231 e. The average molecular weight is 463 g/mol. The molecule has 0 spiro atoms. The Bertz CT molecular complexity index is 1130. The molecule has 2 heterocycles. The molecule has 2 aromatic heterocycles. The highest BCUT2D eigenvalue weighted by Gasteiger charge is 2.30. The van der Waals surface area contributed by atoms with Crippen molar-refractivity contribution >= 4 is 17.7 Å². The Morgan fingerprint density at radius 2 is 1.88 bits per heavy atom. The Labute approximate surface area is 199 Å². The van der Waals surface area contributed by atoms with Gasteiger partial charge in [0.05, 0.1) is 17.5 Å². The van der Waals surface area contributed by atoms with Gasteiger partial charge < -0.3 is 5.32 Å². The van der Waals surface area contributed by atoms with Crippen molar-refractivity contribution in [2.24, 2.45) is 5.92 Å². The standard InChI is InChI=1S/C25H30N6OS/c1-6-18-10-8-11-19(7-2)22(18)31-23(20-12-9-13-27-14-20)29-30-24(31)33-15-21(32)28-25(5,16-26)17(3)4/h8-14,17H,6-7,15H2,1-5H3,(H,28,32)/t25-/m1/s1. The van der Waals surface area contributed by atoms with E-state index in [1.165, 1.54) is 22.9 Å². The Kier molecular flexibility index (Phi) is 7.88. The lowest BCUT2D eigenvalue weighted by molar-refractivity contribution is -0.120. The molecule has 1 N–H and O–H groups in total. The van der Waals surface area contributed by atoms with E-state index < -0.39 is 5.54 Å². The summed E-state index contributed by atoms with van der Waals surface area (Å²) in [4.78, 5) is 17.0. The van der Waals surface area contributed by atoms with Gasteiger partial charge in [-0.15, -0.1) is 10.2 Å². The SMILES string of the molecule is CCc1cccc(CC)c1-n1c(SCC(=O)N[C@](C)(C#N)C(C)C)nnc1-c1cccnc1. The second kappa shape index (κ2) is 10.6. The normalized spacial score (nSPS) is 12.9. The highest BCUT2D eigenvalue weighted by molar-refractivity contribution is 7.99. The average Bonchev–Trinajstić information content (AvgIpc) is 3.25. The van der Waals surface area contributed by atoms with E-state index in [2.05, 4.69) is 58.6 Å². The summed E-state index contributed by atoms with van der Waals surface area (Å²) in [5.41, 5.74) is 3.35. The van der Waals surface area contributed by atoms with Crippen LogP contribution >= 0.6 is 11.8 Å². The molecule has 0 aliphatic carbocycles. The maximum atomic E-state index is 12.7. The van der Waals surface area contributed by atoms with Crippen LogP contribution in [0.2, 0.25) is 0 Å². The molecule has 0 unspecified atom stereocenters. The molecule has 1 aromatic carbocycles. The largest absolute Gasteiger partial charge is 0.337 e. The molecule has 3 rings (SSSR count). The van der Waals surface area contributed by atoms with E-state index in [4.69, 9.17) is 0 Å². The Morgan fingerprint density at radius 3 is 2.42 bits per heavy atom. The maximum absolute atomic E-state index is 12.7. The second-order valence-corrected chi connectivity index (χ2v) is 9.26. The number of carbonyl (C=O) groups excluding carboxylic acids is 1. The Morgan fingerprint density at radius 1 is 1.18 bits per heavy atom. The molecule has 0 fully saturated rings. The number of carbonyl (C=O) groups is 1. The molecule has 8 heteroatoms. The molecule has 0 saturated heterocycles. The first kappa shape index (κ1) is 24.5. The van der Waals surface area contributed by atoms with Crippen LogP contribution in [0.3, 0.4) is 0 Å². The number of thioether (sulfide) groups is 1. The molecular weight excluding hydrogens is 432 g/mol. The van der Waals surface area contributed by atoms with Crippen molar-refractivity contribution in [2.45, 2.75) is 58.2 Å². The van der Waals surface area contributed by atoms with Crippen molar-refractivity contribution in [3.63, 3.8) is 0 Å². The number of hydrogen-bond acceptors (Lipinski definition) is 6. The number of aromatic nitrogens is 4. The van der Waals surface area contributed by atoms with E-state index in [0.29, 0.717) is 11.0 Å². The predicted octanol–water partition coefficient (Wildman–Crippen LogP) is 4.60. The maximum Gasteiger partial charge on any atom is 0.231 e. The molecular formula is C25H30N6OS. The minimum absolute atomic E-state index is 0.0131. The van der Waals surface area contributed by atoms with Crippen molar-refractivity contribution in [3.05, 3.63) is 53.9 Å².